The molecule has 2 bridgehead atoms. The van der Waals surface area contributed by atoms with Crippen LogP contribution in [0.3, 0.4) is 0 Å². The average Bonchev–Trinajstić information content (AvgIpc) is 2.95. The topological polar surface area (TPSA) is 20.3 Å². The van der Waals surface area contributed by atoms with Gasteiger partial charge in [-0.1, -0.05) is 45.8 Å². The molecule has 0 aliphatic heterocycles. The summed E-state index contributed by atoms with van der Waals surface area (Å²) in [4.78, 5) is 14.4. The van der Waals surface area contributed by atoms with Gasteiger partial charge in [0.15, 0.2) is 0 Å². The molecule has 108 valence electrons. The zero-order chi connectivity index (χ0) is 14.0. The monoisotopic (exact) mass is 263 g/mol. The van der Waals surface area contributed by atoms with Crippen molar-refractivity contribution >= 4 is 5.91 Å². The Hall–Kier alpha value is -0.790. The van der Waals surface area contributed by atoms with Gasteiger partial charge in [-0.05, 0) is 36.0 Å². The van der Waals surface area contributed by atoms with Crippen molar-refractivity contribution in [3.8, 4) is 0 Å². The van der Waals surface area contributed by atoms with Gasteiger partial charge in [-0.3, -0.25) is 4.79 Å². The minimum absolute atomic E-state index is 0.221. The first-order valence-corrected chi connectivity index (χ1v) is 7.90. The summed E-state index contributed by atoms with van der Waals surface area (Å²) in [6.45, 7) is 7.67. The number of carbonyl (C=O) groups is 1. The molecule has 0 N–H and O–H groups in total. The second-order valence-corrected chi connectivity index (χ2v) is 6.98. The molecule has 3 atom stereocenters. The van der Waals surface area contributed by atoms with Gasteiger partial charge in [0.25, 0.3) is 0 Å². The zero-order valence-electron chi connectivity index (χ0n) is 13.0. The highest BCUT2D eigenvalue weighted by Crippen LogP contribution is 2.53. The average molecular weight is 263 g/mol. The van der Waals surface area contributed by atoms with E-state index in [0.717, 1.165) is 18.9 Å². The molecule has 2 nitrogen and oxygen atoms in total. The molecule has 1 amide bonds. The quantitative estimate of drug-likeness (QED) is 0.666. The molecule has 19 heavy (non-hydrogen) atoms. The normalized spacial score (nSPS) is 32.3. The van der Waals surface area contributed by atoms with Crippen molar-refractivity contribution in [1.82, 2.24) is 4.90 Å². The van der Waals surface area contributed by atoms with E-state index < -0.39 is 0 Å². The van der Waals surface area contributed by atoms with Gasteiger partial charge < -0.3 is 4.90 Å². The van der Waals surface area contributed by atoms with E-state index in [1.165, 1.54) is 25.7 Å². The van der Waals surface area contributed by atoms with E-state index in [9.17, 15) is 4.79 Å². The van der Waals surface area contributed by atoms with Crippen LogP contribution in [0.2, 0.25) is 0 Å². The molecule has 2 heteroatoms. The summed E-state index contributed by atoms with van der Waals surface area (Å²) < 4.78 is 0. The fraction of sp³-hybridized carbons (Fsp3) is 0.824. The molecule has 0 aromatic heterocycles. The fourth-order valence-electron chi connectivity index (χ4n) is 3.91. The van der Waals surface area contributed by atoms with Crippen LogP contribution in [-0.4, -0.2) is 24.4 Å². The fourth-order valence-corrected chi connectivity index (χ4v) is 3.91. The van der Waals surface area contributed by atoms with E-state index in [1.807, 2.05) is 11.9 Å². The van der Waals surface area contributed by atoms with Crippen molar-refractivity contribution < 1.29 is 4.79 Å². The third-order valence-electron chi connectivity index (χ3n) is 5.46. The van der Waals surface area contributed by atoms with Crippen molar-refractivity contribution in [3.05, 3.63) is 12.2 Å². The van der Waals surface area contributed by atoms with Crippen LogP contribution in [0.15, 0.2) is 12.2 Å². The summed E-state index contributed by atoms with van der Waals surface area (Å²) in [5.41, 5.74) is 0.221. The molecule has 2 aliphatic carbocycles. The van der Waals surface area contributed by atoms with Crippen molar-refractivity contribution in [3.63, 3.8) is 0 Å². The van der Waals surface area contributed by atoms with Crippen molar-refractivity contribution in [2.45, 2.75) is 52.9 Å². The van der Waals surface area contributed by atoms with Gasteiger partial charge in [0.2, 0.25) is 5.91 Å². The molecule has 3 unspecified atom stereocenters. The van der Waals surface area contributed by atoms with Crippen LogP contribution in [0.4, 0.5) is 0 Å². The highest BCUT2D eigenvalue weighted by Gasteiger charge is 2.46. The van der Waals surface area contributed by atoms with Gasteiger partial charge in [0.1, 0.15) is 0 Å². The summed E-state index contributed by atoms with van der Waals surface area (Å²) in [5.74, 6) is 2.38. The van der Waals surface area contributed by atoms with Crippen LogP contribution in [-0.2, 0) is 4.79 Å². The molecule has 0 spiro atoms. The number of nitrogens with zero attached hydrogens (tertiary/aromatic N) is 1. The van der Waals surface area contributed by atoms with Crippen LogP contribution in [0.25, 0.3) is 0 Å². The number of carbonyl (C=O) groups excluding carboxylic acids is 1. The Morgan fingerprint density at radius 3 is 2.53 bits per heavy atom. The van der Waals surface area contributed by atoms with Crippen LogP contribution in [0.5, 0.6) is 0 Å². The van der Waals surface area contributed by atoms with E-state index in [-0.39, 0.29) is 5.41 Å². The Morgan fingerprint density at radius 2 is 2.05 bits per heavy atom. The third-order valence-corrected chi connectivity index (χ3v) is 5.46. The molecule has 0 aromatic rings. The van der Waals surface area contributed by atoms with E-state index in [2.05, 4.69) is 32.9 Å². The molecule has 2 rings (SSSR count). The Bertz CT molecular complexity index is 358. The van der Waals surface area contributed by atoms with Gasteiger partial charge in [0, 0.05) is 20.0 Å². The minimum atomic E-state index is 0.221. The maximum absolute atomic E-state index is 12.4. The molecule has 0 saturated heterocycles. The highest BCUT2D eigenvalue weighted by molar-refractivity contribution is 5.76. The number of allylic oxidation sites excluding steroid dienone is 2. The molecular weight excluding hydrogens is 234 g/mol. The van der Waals surface area contributed by atoms with Crippen LogP contribution < -0.4 is 0 Å². The van der Waals surface area contributed by atoms with Crippen LogP contribution in [0, 0.1) is 23.2 Å². The van der Waals surface area contributed by atoms with Gasteiger partial charge in [-0.2, -0.15) is 0 Å². The van der Waals surface area contributed by atoms with Gasteiger partial charge >= 0.3 is 0 Å². The maximum Gasteiger partial charge on any atom is 0.222 e. The number of hydrogen-bond acceptors (Lipinski definition) is 1. The van der Waals surface area contributed by atoms with E-state index in [4.69, 9.17) is 0 Å². The Labute approximate surface area is 118 Å². The second-order valence-electron chi connectivity index (χ2n) is 6.98. The number of amides is 1. The van der Waals surface area contributed by atoms with Crippen LogP contribution >= 0.6 is 0 Å². The molecule has 1 saturated carbocycles. The van der Waals surface area contributed by atoms with E-state index in [0.29, 0.717) is 17.7 Å². The minimum Gasteiger partial charge on any atom is -0.345 e. The third kappa shape index (κ3) is 3.04. The van der Waals surface area contributed by atoms with Crippen molar-refractivity contribution in [1.29, 1.82) is 0 Å². The predicted octanol–water partition coefficient (Wildman–Crippen LogP) is 3.87. The second kappa shape index (κ2) is 5.68. The summed E-state index contributed by atoms with van der Waals surface area (Å²) >= 11 is 0. The lowest BCUT2D eigenvalue weighted by molar-refractivity contribution is -0.133. The largest absolute Gasteiger partial charge is 0.345 e. The zero-order valence-corrected chi connectivity index (χ0v) is 13.0. The molecule has 0 aromatic carbocycles. The number of rotatable bonds is 6. The Kier molecular flexibility index (Phi) is 4.37. The molecule has 1 fully saturated rings. The highest BCUT2D eigenvalue weighted by atomic mass is 16.2. The SMILES string of the molecule is CCC(CC)CN(C)C(=O)CC1(C)CC2C=CC1C2. The first-order chi connectivity index (χ1) is 8.98. The summed E-state index contributed by atoms with van der Waals surface area (Å²) in [5, 5.41) is 0. The summed E-state index contributed by atoms with van der Waals surface area (Å²) in [6.07, 6.45) is 10.2. The first-order valence-electron chi connectivity index (χ1n) is 7.90. The molecule has 2 aliphatic rings. The van der Waals surface area contributed by atoms with Gasteiger partial charge in [-0.25, -0.2) is 0 Å². The molecular formula is C17H29NO. The summed E-state index contributed by atoms with van der Waals surface area (Å²) in [7, 11) is 1.98. The lowest BCUT2D eigenvalue weighted by Crippen LogP contribution is -2.36. The smallest absolute Gasteiger partial charge is 0.222 e. The predicted molar refractivity (Wildman–Crippen MR) is 79.8 cm³/mol. The van der Waals surface area contributed by atoms with Gasteiger partial charge in [-0.15, -0.1) is 0 Å². The molecule has 0 radical (unpaired) electrons. The first kappa shape index (κ1) is 14.6. The van der Waals surface area contributed by atoms with E-state index >= 15 is 0 Å². The van der Waals surface area contributed by atoms with Crippen molar-refractivity contribution in [2.24, 2.45) is 23.2 Å². The lowest BCUT2D eigenvalue weighted by Gasteiger charge is -2.33. The maximum atomic E-state index is 12.4. The Morgan fingerprint density at radius 1 is 1.37 bits per heavy atom. The van der Waals surface area contributed by atoms with E-state index in [1.54, 1.807) is 0 Å². The number of fused-ring (bicyclic) bond motifs is 2. The number of hydrogen-bond donors (Lipinski definition) is 0. The van der Waals surface area contributed by atoms with Gasteiger partial charge in [0.05, 0.1) is 0 Å². The molecule has 0 heterocycles. The summed E-state index contributed by atoms with van der Waals surface area (Å²) in [6, 6.07) is 0. The lowest BCUT2D eigenvalue weighted by atomic mass is 9.74. The van der Waals surface area contributed by atoms with Crippen molar-refractivity contribution in [2.75, 3.05) is 13.6 Å². The standard InChI is InChI=1S/C17H29NO/c1-5-13(6-2)12-18(4)16(19)11-17(3)10-14-7-8-15(17)9-14/h7-8,13-15H,5-6,9-12H2,1-4H3. The Balaban J connectivity index is 1.89. The van der Waals surface area contributed by atoms with Crippen LogP contribution in [0.1, 0.15) is 52.9 Å².